The monoisotopic (exact) mass is 429 g/mol. The molecule has 2 heterocycles. The van der Waals surface area contributed by atoms with Crippen LogP contribution >= 0.6 is 11.3 Å². The molecule has 0 atom stereocenters. The van der Waals surface area contributed by atoms with Crippen LogP contribution < -0.4 is 5.32 Å². The fourth-order valence-electron chi connectivity index (χ4n) is 4.22. The molecular formula is C25H23N3O2S. The first-order valence-electron chi connectivity index (χ1n) is 10.5. The van der Waals surface area contributed by atoms with Crippen molar-refractivity contribution in [1.82, 2.24) is 9.88 Å². The molecule has 1 saturated heterocycles. The van der Waals surface area contributed by atoms with Gasteiger partial charge in [-0.2, -0.15) is 0 Å². The Balaban J connectivity index is 1.24. The molecule has 0 radical (unpaired) electrons. The minimum atomic E-state index is -0.106. The number of benzene rings is 3. The Kier molecular flexibility index (Phi) is 5.16. The molecule has 1 N–H and O–H groups in total. The van der Waals surface area contributed by atoms with E-state index in [2.05, 4.69) is 16.4 Å². The molecule has 0 bridgehead atoms. The molecule has 2 amide bonds. The summed E-state index contributed by atoms with van der Waals surface area (Å²) >= 11 is 1.50. The van der Waals surface area contributed by atoms with Gasteiger partial charge in [-0.1, -0.05) is 53.8 Å². The summed E-state index contributed by atoms with van der Waals surface area (Å²) in [6, 6.07) is 19.9. The first-order chi connectivity index (χ1) is 15.1. The van der Waals surface area contributed by atoms with Crippen molar-refractivity contribution in [2.45, 2.75) is 19.8 Å². The zero-order valence-corrected chi connectivity index (χ0v) is 18.1. The third kappa shape index (κ3) is 3.91. The summed E-state index contributed by atoms with van der Waals surface area (Å²) in [6.45, 7) is 3.21. The second-order valence-corrected chi connectivity index (χ2v) is 9.10. The first kappa shape index (κ1) is 19.7. The van der Waals surface area contributed by atoms with Gasteiger partial charge >= 0.3 is 0 Å². The Morgan fingerprint density at radius 1 is 1.03 bits per heavy atom. The number of carbonyl (C=O) groups is 2. The minimum Gasteiger partial charge on any atom is -0.339 e. The van der Waals surface area contributed by atoms with Crippen molar-refractivity contribution in [1.29, 1.82) is 0 Å². The lowest BCUT2D eigenvalue weighted by molar-refractivity contribution is -0.121. The van der Waals surface area contributed by atoms with Crippen LogP contribution in [-0.2, 0) is 4.79 Å². The highest BCUT2D eigenvalue weighted by Gasteiger charge is 2.28. The van der Waals surface area contributed by atoms with E-state index in [0.717, 1.165) is 26.6 Å². The number of hydrogen-bond acceptors (Lipinski definition) is 4. The highest BCUT2D eigenvalue weighted by atomic mass is 32.1. The van der Waals surface area contributed by atoms with Gasteiger partial charge in [-0.3, -0.25) is 9.59 Å². The number of amides is 2. The summed E-state index contributed by atoms with van der Waals surface area (Å²) in [6.07, 6.45) is 1.32. The maximum Gasteiger partial charge on any atom is 0.254 e. The van der Waals surface area contributed by atoms with Gasteiger partial charge in [0.25, 0.3) is 5.91 Å². The van der Waals surface area contributed by atoms with E-state index in [1.165, 1.54) is 16.9 Å². The van der Waals surface area contributed by atoms with E-state index in [1.807, 2.05) is 66.4 Å². The average molecular weight is 430 g/mol. The number of aromatic nitrogens is 1. The number of carbonyl (C=O) groups excluding carboxylic acids is 2. The largest absolute Gasteiger partial charge is 0.339 e. The maximum atomic E-state index is 13.1. The lowest BCUT2D eigenvalue weighted by atomic mass is 9.95. The van der Waals surface area contributed by atoms with Crippen molar-refractivity contribution in [3.05, 3.63) is 71.8 Å². The van der Waals surface area contributed by atoms with Crippen LogP contribution in [0.2, 0.25) is 0 Å². The molecule has 1 aliphatic rings. The molecule has 5 rings (SSSR count). The quantitative estimate of drug-likeness (QED) is 0.484. The number of likely N-dealkylation sites (tertiary alicyclic amines) is 1. The molecule has 3 aromatic carbocycles. The van der Waals surface area contributed by atoms with Crippen LogP contribution in [0.15, 0.2) is 60.7 Å². The number of thiazole rings is 1. The summed E-state index contributed by atoms with van der Waals surface area (Å²) in [5.74, 6) is -0.0736. The van der Waals surface area contributed by atoms with Crippen LogP contribution in [-0.4, -0.2) is 34.8 Å². The predicted molar refractivity (Wildman–Crippen MR) is 126 cm³/mol. The molecule has 6 heteroatoms. The number of rotatable bonds is 3. The van der Waals surface area contributed by atoms with Crippen LogP contribution in [0.3, 0.4) is 0 Å². The average Bonchev–Trinajstić information content (AvgIpc) is 3.19. The summed E-state index contributed by atoms with van der Waals surface area (Å²) in [5, 5.41) is 5.66. The molecule has 0 saturated carbocycles. The van der Waals surface area contributed by atoms with Crippen molar-refractivity contribution in [2.24, 2.45) is 5.92 Å². The van der Waals surface area contributed by atoms with Crippen LogP contribution in [0.4, 0.5) is 5.13 Å². The summed E-state index contributed by atoms with van der Waals surface area (Å²) in [5.41, 5.74) is 2.81. The number of aryl methyl sites for hydroxylation is 1. The molecule has 31 heavy (non-hydrogen) atoms. The number of piperidine rings is 1. The molecule has 0 unspecified atom stereocenters. The maximum absolute atomic E-state index is 13.1. The molecule has 1 aromatic heterocycles. The molecule has 1 aliphatic heterocycles. The zero-order valence-electron chi connectivity index (χ0n) is 17.3. The van der Waals surface area contributed by atoms with Crippen LogP contribution in [0.25, 0.3) is 21.0 Å². The summed E-state index contributed by atoms with van der Waals surface area (Å²) in [4.78, 5) is 32.3. The third-order valence-electron chi connectivity index (χ3n) is 5.95. The Morgan fingerprint density at radius 3 is 2.65 bits per heavy atom. The van der Waals surface area contributed by atoms with Crippen molar-refractivity contribution in [3.8, 4) is 0 Å². The SMILES string of the molecule is Cc1ccc2nc(NC(=O)C3CCN(C(=O)c4cccc5ccccc45)CC3)sc2c1. The fourth-order valence-corrected chi connectivity index (χ4v) is 5.19. The summed E-state index contributed by atoms with van der Waals surface area (Å²) < 4.78 is 1.07. The van der Waals surface area contributed by atoms with E-state index in [-0.39, 0.29) is 17.7 Å². The first-order valence-corrected chi connectivity index (χ1v) is 11.4. The smallest absolute Gasteiger partial charge is 0.254 e. The van der Waals surface area contributed by atoms with Gasteiger partial charge in [-0.25, -0.2) is 4.98 Å². The molecule has 156 valence electrons. The lowest BCUT2D eigenvalue weighted by Crippen LogP contribution is -2.41. The number of fused-ring (bicyclic) bond motifs is 2. The molecule has 0 aliphatic carbocycles. The van der Waals surface area contributed by atoms with E-state index in [0.29, 0.717) is 31.1 Å². The number of nitrogens with one attached hydrogen (secondary N) is 1. The van der Waals surface area contributed by atoms with E-state index in [9.17, 15) is 9.59 Å². The Labute approximate surface area is 184 Å². The van der Waals surface area contributed by atoms with Gasteiger partial charge in [0.1, 0.15) is 0 Å². The minimum absolute atomic E-state index is 0.00645. The van der Waals surface area contributed by atoms with Gasteiger partial charge in [0.2, 0.25) is 5.91 Å². The predicted octanol–water partition coefficient (Wildman–Crippen LogP) is 5.25. The highest BCUT2D eigenvalue weighted by Crippen LogP contribution is 2.28. The van der Waals surface area contributed by atoms with Crippen LogP contribution in [0, 0.1) is 12.8 Å². The second kappa shape index (κ2) is 8.12. The van der Waals surface area contributed by atoms with Gasteiger partial charge < -0.3 is 10.2 Å². The van der Waals surface area contributed by atoms with Gasteiger partial charge in [-0.05, 0) is 54.3 Å². The standard InChI is InChI=1S/C25H23N3O2S/c1-16-9-10-21-22(15-16)31-25(26-21)27-23(29)18-11-13-28(14-12-18)24(30)20-8-4-6-17-5-2-3-7-19(17)20/h2-10,15,18H,11-14H2,1H3,(H,26,27,29). The summed E-state index contributed by atoms with van der Waals surface area (Å²) in [7, 11) is 0. The van der Waals surface area contributed by atoms with Crippen molar-refractivity contribution in [2.75, 3.05) is 18.4 Å². The van der Waals surface area contributed by atoms with Gasteiger partial charge in [-0.15, -0.1) is 0 Å². The molecule has 1 fully saturated rings. The van der Waals surface area contributed by atoms with Gasteiger partial charge in [0.15, 0.2) is 5.13 Å². The third-order valence-corrected chi connectivity index (χ3v) is 6.88. The molecular weight excluding hydrogens is 406 g/mol. The van der Waals surface area contributed by atoms with Gasteiger partial charge in [0.05, 0.1) is 10.2 Å². The zero-order chi connectivity index (χ0) is 21.4. The van der Waals surface area contributed by atoms with E-state index in [4.69, 9.17) is 0 Å². The normalized spacial score (nSPS) is 14.8. The Hall–Kier alpha value is -3.25. The number of nitrogens with zero attached hydrogens (tertiary/aromatic N) is 2. The van der Waals surface area contributed by atoms with Crippen LogP contribution in [0.5, 0.6) is 0 Å². The van der Waals surface area contributed by atoms with E-state index in [1.54, 1.807) is 0 Å². The van der Waals surface area contributed by atoms with Crippen molar-refractivity contribution < 1.29 is 9.59 Å². The topological polar surface area (TPSA) is 62.3 Å². The van der Waals surface area contributed by atoms with Gasteiger partial charge in [0, 0.05) is 24.6 Å². The second-order valence-electron chi connectivity index (χ2n) is 8.07. The van der Waals surface area contributed by atoms with Crippen molar-refractivity contribution >= 4 is 49.3 Å². The number of hydrogen-bond donors (Lipinski definition) is 1. The molecule has 0 spiro atoms. The lowest BCUT2D eigenvalue weighted by Gasteiger charge is -2.31. The Morgan fingerprint density at radius 2 is 1.81 bits per heavy atom. The molecule has 5 nitrogen and oxygen atoms in total. The van der Waals surface area contributed by atoms with E-state index < -0.39 is 0 Å². The fraction of sp³-hybridized carbons (Fsp3) is 0.240. The highest BCUT2D eigenvalue weighted by molar-refractivity contribution is 7.22. The Bertz CT molecular complexity index is 1280. The number of anilines is 1. The van der Waals surface area contributed by atoms with Crippen molar-refractivity contribution in [3.63, 3.8) is 0 Å². The molecule has 4 aromatic rings. The van der Waals surface area contributed by atoms with Crippen LogP contribution in [0.1, 0.15) is 28.8 Å². The van der Waals surface area contributed by atoms with E-state index >= 15 is 0 Å².